The van der Waals surface area contributed by atoms with Crippen molar-refractivity contribution in [2.45, 2.75) is 388 Å². The lowest BCUT2D eigenvalue weighted by Gasteiger charge is -2.21. The van der Waals surface area contributed by atoms with Crippen LogP contribution < -0.4 is 0 Å². The fourth-order valence-corrected chi connectivity index (χ4v) is 12.8. The number of aliphatic hydroxyl groups is 1. The number of unbranched alkanes of at least 4 members (excludes halogenated alkanes) is 38. The smallest absolute Gasteiger partial charge is 0.462 e. The Morgan fingerprint density at radius 2 is 0.562 bits per heavy atom. The second kappa shape index (κ2) is 67.1. The molecule has 0 heterocycles. The van der Waals surface area contributed by atoms with Crippen molar-refractivity contribution in [2.24, 2.45) is 17.8 Å². The molecule has 0 amide bonds. The molecule has 0 aromatic carbocycles. The van der Waals surface area contributed by atoms with E-state index in [2.05, 4.69) is 72.8 Å². The number of allylic oxidation sites excluding steroid dienone is 4. The number of phosphoric ester groups is 2. The fourth-order valence-electron chi connectivity index (χ4n) is 11.2. The molecule has 3 N–H and O–H groups in total. The summed E-state index contributed by atoms with van der Waals surface area (Å²) in [6.07, 6.45) is 56.6. The summed E-state index contributed by atoms with van der Waals surface area (Å²) >= 11 is 0. The van der Waals surface area contributed by atoms with E-state index in [1.807, 2.05) is 0 Å². The SMILES string of the molecule is CCCCCC/C=C\C=C/CCCCCCCC(=O)O[C@H](COC(=O)CCCCCCCCC(C)C)COP(=O)(O)OC[C@H](O)COP(=O)(O)OC[C@@H](COC(=O)CCCCCCCCCCC(C)C)OC(=O)CCCCCCCCCCCCCCCCCCCCC(C)C. The maximum absolute atomic E-state index is 13.1. The topological polar surface area (TPSA) is 237 Å². The van der Waals surface area contributed by atoms with Gasteiger partial charge >= 0.3 is 39.5 Å². The number of rotatable bonds is 73. The van der Waals surface area contributed by atoms with Gasteiger partial charge in [0.15, 0.2) is 12.2 Å². The van der Waals surface area contributed by atoms with Crippen LogP contribution in [0.2, 0.25) is 0 Å². The molecule has 17 nitrogen and oxygen atoms in total. The molecule has 5 atom stereocenters. The third kappa shape index (κ3) is 70.0. The molecule has 0 fully saturated rings. The number of carbonyl (C=O) groups excluding carboxylic acids is 4. The molecule has 2 unspecified atom stereocenters. The van der Waals surface area contributed by atoms with E-state index in [0.29, 0.717) is 31.6 Å². The number of carbonyl (C=O) groups is 4. The van der Waals surface area contributed by atoms with E-state index in [-0.39, 0.29) is 25.7 Å². The first kappa shape index (κ1) is 93.5. The van der Waals surface area contributed by atoms with Gasteiger partial charge in [0.05, 0.1) is 26.4 Å². The van der Waals surface area contributed by atoms with E-state index >= 15 is 0 Å². The van der Waals surface area contributed by atoms with Crippen LogP contribution in [0.3, 0.4) is 0 Å². The van der Waals surface area contributed by atoms with Crippen LogP contribution in [-0.2, 0) is 65.4 Å². The summed E-state index contributed by atoms with van der Waals surface area (Å²) in [5, 5.41) is 10.6. The molecular weight excluding hydrogens is 1260 g/mol. The minimum Gasteiger partial charge on any atom is -0.462 e. The molecule has 0 aromatic rings. The number of phosphoric acid groups is 2. The highest BCUT2D eigenvalue weighted by Gasteiger charge is 2.30. The van der Waals surface area contributed by atoms with Crippen molar-refractivity contribution >= 4 is 39.5 Å². The summed E-state index contributed by atoms with van der Waals surface area (Å²) in [5.41, 5.74) is 0. The van der Waals surface area contributed by atoms with Gasteiger partial charge in [-0.25, -0.2) is 9.13 Å². The zero-order chi connectivity index (χ0) is 70.9. The third-order valence-electron chi connectivity index (χ3n) is 17.3. The highest BCUT2D eigenvalue weighted by atomic mass is 31.2. The zero-order valence-corrected chi connectivity index (χ0v) is 64.1. The van der Waals surface area contributed by atoms with Crippen LogP contribution >= 0.6 is 15.6 Å². The lowest BCUT2D eigenvalue weighted by molar-refractivity contribution is -0.161. The second-order valence-electron chi connectivity index (χ2n) is 28.5. The van der Waals surface area contributed by atoms with E-state index in [1.54, 1.807) is 0 Å². The molecule has 0 rings (SSSR count). The molecule has 0 saturated heterocycles. The number of ether oxygens (including phenoxy) is 4. The van der Waals surface area contributed by atoms with Crippen LogP contribution in [0.1, 0.15) is 370 Å². The van der Waals surface area contributed by atoms with Gasteiger partial charge in [-0.2, -0.15) is 0 Å². The number of hydrogen-bond acceptors (Lipinski definition) is 15. The van der Waals surface area contributed by atoms with Crippen molar-refractivity contribution in [3.05, 3.63) is 24.3 Å². The molecule has 0 spiro atoms. The molecule has 0 aromatic heterocycles. The van der Waals surface area contributed by atoms with Crippen LogP contribution in [-0.4, -0.2) is 96.7 Å². The minimum absolute atomic E-state index is 0.0837. The minimum atomic E-state index is -4.96. The maximum atomic E-state index is 13.1. The number of esters is 4. The number of aliphatic hydroxyl groups excluding tert-OH is 1. The Hall–Kier alpha value is -2.46. The van der Waals surface area contributed by atoms with E-state index in [0.717, 1.165) is 121 Å². The molecule has 0 aliphatic rings. The Kier molecular flexibility index (Phi) is 65.3. The van der Waals surface area contributed by atoms with Crippen molar-refractivity contribution in [3.8, 4) is 0 Å². The van der Waals surface area contributed by atoms with Gasteiger partial charge in [0.25, 0.3) is 0 Å². The highest BCUT2D eigenvalue weighted by molar-refractivity contribution is 7.47. The van der Waals surface area contributed by atoms with Crippen LogP contribution in [0, 0.1) is 17.8 Å². The summed E-state index contributed by atoms with van der Waals surface area (Å²) < 4.78 is 68.4. The van der Waals surface area contributed by atoms with E-state index < -0.39 is 97.5 Å². The standard InChI is InChI=1S/C77H146O17P2/c1-8-9-10-11-12-13-14-15-20-24-27-30-37-46-53-61-77(82)94-73(65-88-75(80)59-52-45-40-39-43-50-57-70(6)7)67-92-96(85,86)90-63-71(78)62-89-95(83,84)91-66-72(64-87-74(79)58-51-44-36-33-32-35-42-49-56-69(4)5)93-76(81)60-54-47-38-31-28-25-22-19-17-16-18-21-23-26-29-34-41-48-55-68(2)3/h13-15,20,68-73,78H,8-12,16-19,21-67H2,1-7H3,(H,83,84)(H,85,86)/b14-13-,20-15-/t71-,72-,73-/m1/s1. The first-order valence-corrected chi connectivity index (χ1v) is 42.2. The number of hydrogen-bond donors (Lipinski definition) is 3. The molecular formula is C77H146O17P2. The van der Waals surface area contributed by atoms with Crippen LogP contribution in [0.5, 0.6) is 0 Å². The van der Waals surface area contributed by atoms with E-state index in [9.17, 15) is 43.2 Å². The Balaban J connectivity index is 5.21. The Morgan fingerprint density at radius 1 is 0.323 bits per heavy atom. The zero-order valence-electron chi connectivity index (χ0n) is 62.3. The summed E-state index contributed by atoms with van der Waals surface area (Å²) in [6.45, 7) is 11.7. The lowest BCUT2D eigenvalue weighted by Crippen LogP contribution is -2.30. The first-order chi connectivity index (χ1) is 46.2. The predicted molar refractivity (Wildman–Crippen MR) is 390 cm³/mol. The normalized spacial score (nSPS) is 14.2. The van der Waals surface area contributed by atoms with Crippen molar-refractivity contribution in [1.82, 2.24) is 0 Å². The van der Waals surface area contributed by atoms with Gasteiger partial charge in [0, 0.05) is 25.7 Å². The van der Waals surface area contributed by atoms with Gasteiger partial charge < -0.3 is 33.8 Å². The van der Waals surface area contributed by atoms with Crippen molar-refractivity contribution in [2.75, 3.05) is 39.6 Å². The quantitative estimate of drug-likeness (QED) is 0.0169. The average molecular weight is 1410 g/mol. The summed E-state index contributed by atoms with van der Waals surface area (Å²) in [5.74, 6) is 0.0684. The summed E-state index contributed by atoms with van der Waals surface area (Å²) in [7, 11) is -9.92. The predicted octanol–water partition coefficient (Wildman–Crippen LogP) is 22.1. The Labute approximate surface area is 586 Å². The van der Waals surface area contributed by atoms with Crippen molar-refractivity contribution in [3.63, 3.8) is 0 Å². The summed E-state index contributed by atoms with van der Waals surface area (Å²) in [4.78, 5) is 72.7. The first-order valence-electron chi connectivity index (χ1n) is 39.2. The van der Waals surface area contributed by atoms with Gasteiger partial charge in [-0.15, -0.1) is 0 Å². The van der Waals surface area contributed by atoms with Gasteiger partial charge in [-0.1, -0.05) is 317 Å². The largest absolute Gasteiger partial charge is 0.472 e. The molecule has 0 aliphatic carbocycles. The lowest BCUT2D eigenvalue weighted by atomic mass is 10.0. The van der Waals surface area contributed by atoms with Gasteiger partial charge in [0.2, 0.25) is 0 Å². The fraction of sp³-hybridized carbons (Fsp3) is 0.896. The van der Waals surface area contributed by atoms with Gasteiger partial charge in [-0.05, 0) is 69.1 Å². The molecule has 0 aliphatic heterocycles. The van der Waals surface area contributed by atoms with Gasteiger partial charge in [0.1, 0.15) is 19.3 Å². The Morgan fingerprint density at radius 3 is 0.844 bits per heavy atom. The maximum Gasteiger partial charge on any atom is 0.472 e. The van der Waals surface area contributed by atoms with Crippen molar-refractivity contribution in [1.29, 1.82) is 0 Å². The molecule has 566 valence electrons. The van der Waals surface area contributed by atoms with E-state index in [4.69, 9.17) is 37.0 Å². The molecule has 0 radical (unpaired) electrons. The van der Waals surface area contributed by atoms with Crippen LogP contribution in [0.15, 0.2) is 24.3 Å². The molecule has 0 saturated carbocycles. The van der Waals surface area contributed by atoms with Gasteiger partial charge in [-0.3, -0.25) is 37.3 Å². The molecule has 0 bridgehead atoms. The van der Waals surface area contributed by atoms with E-state index in [1.165, 1.54) is 161 Å². The summed E-state index contributed by atoms with van der Waals surface area (Å²) in [6, 6.07) is 0. The molecule has 19 heteroatoms. The van der Waals surface area contributed by atoms with Crippen LogP contribution in [0.25, 0.3) is 0 Å². The second-order valence-corrected chi connectivity index (χ2v) is 31.4. The Bertz CT molecular complexity index is 1960. The average Bonchev–Trinajstić information content (AvgIpc) is 3.74. The molecule has 96 heavy (non-hydrogen) atoms. The van der Waals surface area contributed by atoms with Crippen molar-refractivity contribution < 1.29 is 80.2 Å². The third-order valence-corrected chi connectivity index (χ3v) is 19.2. The highest BCUT2D eigenvalue weighted by Crippen LogP contribution is 2.45. The monoisotopic (exact) mass is 1410 g/mol. The van der Waals surface area contributed by atoms with Crippen LogP contribution in [0.4, 0.5) is 0 Å².